The molecule has 0 spiro atoms. The molecule has 1 aliphatic carbocycles. The van der Waals surface area contributed by atoms with E-state index in [1.165, 1.54) is 6.92 Å². The highest BCUT2D eigenvalue weighted by Gasteiger charge is 2.18. The molecule has 0 aliphatic heterocycles. The molecule has 0 radical (unpaired) electrons. The van der Waals surface area contributed by atoms with Crippen molar-refractivity contribution >= 4 is 5.91 Å². The third kappa shape index (κ3) is 7.62. The molecule has 116 valence electrons. The molecule has 0 aromatic heterocycles. The summed E-state index contributed by atoms with van der Waals surface area (Å²) in [5.74, 6) is 1.19. The van der Waals surface area contributed by atoms with Crippen LogP contribution in [0.4, 0.5) is 0 Å². The first-order valence-corrected chi connectivity index (χ1v) is 7.45. The Bertz CT molecular complexity index is 307. The van der Waals surface area contributed by atoms with Gasteiger partial charge in [0.1, 0.15) is 0 Å². The lowest BCUT2D eigenvalue weighted by Gasteiger charge is -2.25. The first-order chi connectivity index (χ1) is 9.59. The first-order valence-electron chi connectivity index (χ1n) is 7.45. The zero-order valence-electron chi connectivity index (χ0n) is 12.6. The van der Waals surface area contributed by atoms with Gasteiger partial charge >= 0.3 is 0 Å². The molecular weight excluding hydrogens is 256 g/mol. The molecule has 0 bridgehead atoms. The van der Waals surface area contributed by atoms with Gasteiger partial charge in [-0.3, -0.25) is 4.79 Å². The molecule has 0 heterocycles. The van der Waals surface area contributed by atoms with Crippen LogP contribution in [0.25, 0.3) is 0 Å². The number of nitrogens with one attached hydrogen (secondary N) is 2. The van der Waals surface area contributed by atoms with E-state index in [2.05, 4.69) is 29.7 Å². The summed E-state index contributed by atoms with van der Waals surface area (Å²) in [6.45, 7) is 6.53. The number of carbonyl (C=O) groups excluding carboxylic acids is 1. The minimum atomic E-state index is -0.498. The second kappa shape index (κ2) is 9.91. The number of hydrogen-bond acceptors (Lipinski definition) is 4. The van der Waals surface area contributed by atoms with Crippen LogP contribution >= 0.6 is 0 Å². The van der Waals surface area contributed by atoms with Gasteiger partial charge in [0.05, 0.1) is 19.3 Å². The lowest BCUT2D eigenvalue weighted by molar-refractivity contribution is -0.118. The highest BCUT2D eigenvalue weighted by Crippen LogP contribution is 2.24. The summed E-state index contributed by atoms with van der Waals surface area (Å²) in [4.78, 5) is 10.6. The molecule has 0 saturated heterocycles. The van der Waals surface area contributed by atoms with Crippen molar-refractivity contribution < 1.29 is 14.6 Å². The van der Waals surface area contributed by atoms with Crippen molar-refractivity contribution in [1.29, 1.82) is 0 Å². The van der Waals surface area contributed by atoms with Gasteiger partial charge in [0.25, 0.3) is 0 Å². The number of allylic oxidation sites excluding steroid dienone is 2. The predicted molar refractivity (Wildman–Crippen MR) is 79.4 cm³/mol. The molecule has 3 N–H and O–H groups in total. The molecule has 5 nitrogen and oxygen atoms in total. The number of aliphatic hydroxyl groups excluding tert-OH is 1. The maximum atomic E-state index is 10.6. The van der Waals surface area contributed by atoms with Gasteiger partial charge in [-0.15, -0.1) is 0 Å². The summed E-state index contributed by atoms with van der Waals surface area (Å²) < 4.78 is 5.61. The predicted octanol–water partition coefficient (Wildman–Crippen LogP) is 0.692. The fourth-order valence-electron chi connectivity index (χ4n) is 2.25. The molecule has 0 saturated carbocycles. The van der Waals surface area contributed by atoms with Crippen molar-refractivity contribution in [2.45, 2.75) is 32.8 Å². The maximum absolute atomic E-state index is 10.6. The van der Waals surface area contributed by atoms with Crippen molar-refractivity contribution in [3.8, 4) is 0 Å². The molecule has 3 unspecified atom stereocenters. The van der Waals surface area contributed by atoms with Crippen molar-refractivity contribution in [2.75, 3.05) is 32.8 Å². The monoisotopic (exact) mass is 284 g/mol. The minimum Gasteiger partial charge on any atom is -0.389 e. The van der Waals surface area contributed by atoms with Crippen LogP contribution in [-0.4, -0.2) is 50.0 Å². The second-order valence-electron chi connectivity index (χ2n) is 5.56. The Morgan fingerprint density at radius 2 is 2.15 bits per heavy atom. The Morgan fingerprint density at radius 1 is 1.40 bits per heavy atom. The molecule has 1 rings (SSSR count). The zero-order valence-corrected chi connectivity index (χ0v) is 12.6. The third-order valence-corrected chi connectivity index (χ3v) is 3.62. The molecule has 0 fully saturated rings. The number of carbonyl (C=O) groups is 1. The first kappa shape index (κ1) is 17.1. The lowest BCUT2D eigenvalue weighted by atomic mass is 9.85. The molecule has 3 atom stereocenters. The summed E-state index contributed by atoms with van der Waals surface area (Å²) in [7, 11) is 0. The third-order valence-electron chi connectivity index (χ3n) is 3.62. The topological polar surface area (TPSA) is 70.6 Å². The van der Waals surface area contributed by atoms with Gasteiger partial charge in [0.15, 0.2) is 0 Å². The Hall–Kier alpha value is -0.910. The number of rotatable bonds is 9. The Morgan fingerprint density at radius 3 is 2.85 bits per heavy atom. The van der Waals surface area contributed by atoms with Gasteiger partial charge in [0, 0.05) is 26.6 Å². The van der Waals surface area contributed by atoms with Gasteiger partial charge in [-0.25, -0.2) is 0 Å². The van der Waals surface area contributed by atoms with Crippen LogP contribution in [0.1, 0.15) is 26.7 Å². The SMILES string of the molecule is CC(=O)NCCNCC(O)COCC1CC=CCC1C. The van der Waals surface area contributed by atoms with Crippen LogP contribution in [0, 0.1) is 11.8 Å². The van der Waals surface area contributed by atoms with Crippen molar-refractivity contribution in [1.82, 2.24) is 10.6 Å². The van der Waals surface area contributed by atoms with E-state index in [1.807, 2.05) is 0 Å². The van der Waals surface area contributed by atoms with Crippen LogP contribution in [0.2, 0.25) is 0 Å². The lowest BCUT2D eigenvalue weighted by Crippen LogP contribution is -2.36. The average Bonchev–Trinajstić information content (AvgIpc) is 2.40. The fourth-order valence-corrected chi connectivity index (χ4v) is 2.25. The summed E-state index contributed by atoms with van der Waals surface area (Å²) in [6.07, 6.45) is 6.15. The molecule has 1 amide bonds. The molecule has 0 aromatic rings. The van der Waals surface area contributed by atoms with E-state index in [0.29, 0.717) is 44.7 Å². The summed E-state index contributed by atoms with van der Waals surface area (Å²) in [6, 6.07) is 0. The molecular formula is C15H28N2O3. The van der Waals surface area contributed by atoms with Crippen LogP contribution in [0.15, 0.2) is 12.2 Å². The van der Waals surface area contributed by atoms with Crippen LogP contribution in [0.3, 0.4) is 0 Å². The second-order valence-corrected chi connectivity index (χ2v) is 5.56. The number of hydrogen-bond donors (Lipinski definition) is 3. The summed E-state index contributed by atoms with van der Waals surface area (Å²) in [5, 5.41) is 15.5. The van der Waals surface area contributed by atoms with E-state index in [4.69, 9.17) is 4.74 Å². The van der Waals surface area contributed by atoms with E-state index < -0.39 is 6.10 Å². The van der Waals surface area contributed by atoms with Crippen molar-refractivity contribution in [3.63, 3.8) is 0 Å². The van der Waals surface area contributed by atoms with Crippen LogP contribution in [0.5, 0.6) is 0 Å². The zero-order chi connectivity index (χ0) is 14.8. The number of amides is 1. The van der Waals surface area contributed by atoms with Crippen LogP contribution in [-0.2, 0) is 9.53 Å². The quantitative estimate of drug-likeness (QED) is 0.430. The highest BCUT2D eigenvalue weighted by molar-refractivity contribution is 5.72. The van der Waals surface area contributed by atoms with Gasteiger partial charge in [0.2, 0.25) is 5.91 Å². The summed E-state index contributed by atoms with van der Waals surface area (Å²) in [5.41, 5.74) is 0. The largest absolute Gasteiger partial charge is 0.389 e. The van der Waals surface area contributed by atoms with E-state index in [-0.39, 0.29) is 5.91 Å². The Kier molecular flexibility index (Phi) is 8.49. The molecule has 0 aromatic carbocycles. The van der Waals surface area contributed by atoms with E-state index >= 15 is 0 Å². The molecule has 20 heavy (non-hydrogen) atoms. The minimum absolute atomic E-state index is 0.0358. The van der Waals surface area contributed by atoms with E-state index in [0.717, 1.165) is 12.8 Å². The van der Waals surface area contributed by atoms with Crippen molar-refractivity contribution in [3.05, 3.63) is 12.2 Å². The Balaban J connectivity index is 1.98. The standard InChI is InChI=1S/C15H28N2O3/c1-12-5-3-4-6-14(12)10-20-11-15(19)9-16-7-8-17-13(2)18/h3-4,12,14-16,19H,5-11H2,1-2H3,(H,17,18). The molecule has 1 aliphatic rings. The van der Waals surface area contributed by atoms with Gasteiger partial charge in [-0.05, 0) is 24.7 Å². The average molecular weight is 284 g/mol. The normalized spacial score (nSPS) is 23.6. The van der Waals surface area contributed by atoms with E-state index in [1.54, 1.807) is 0 Å². The Labute approximate surface area is 121 Å². The maximum Gasteiger partial charge on any atom is 0.216 e. The fraction of sp³-hybridized carbons (Fsp3) is 0.800. The number of ether oxygens (including phenoxy) is 1. The smallest absolute Gasteiger partial charge is 0.216 e. The van der Waals surface area contributed by atoms with Gasteiger partial charge in [-0.2, -0.15) is 0 Å². The summed E-state index contributed by atoms with van der Waals surface area (Å²) >= 11 is 0. The van der Waals surface area contributed by atoms with Crippen LogP contribution < -0.4 is 10.6 Å². The number of aliphatic hydroxyl groups is 1. The van der Waals surface area contributed by atoms with Gasteiger partial charge in [-0.1, -0.05) is 19.1 Å². The van der Waals surface area contributed by atoms with Crippen molar-refractivity contribution in [2.24, 2.45) is 11.8 Å². The van der Waals surface area contributed by atoms with Gasteiger partial charge < -0.3 is 20.5 Å². The van der Waals surface area contributed by atoms with E-state index in [9.17, 15) is 9.90 Å². The molecule has 5 heteroatoms. The highest BCUT2D eigenvalue weighted by atomic mass is 16.5.